The molecule has 8 nitrogen and oxygen atoms in total. The van der Waals surface area contributed by atoms with Gasteiger partial charge in [0.2, 0.25) is 6.04 Å². The highest BCUT2D eigenvalue weighted by molar-refractivity contribution is 5.68. The van der Waals surface area contributed by atoms with Gasteiger partial charge in [0.05, 0.1) is 11.4 Å². The third kappa shape index (κ3) is 4.37. The second-order valence-corrected chi connectivity index (χ2v) is 6.75. The number of carbonyl (C=O) groups excluding carboxylic acids is 1. The zero-order chi connectivity index (χ0) is 17.2. The predicted octanol–water partition coefficient (Wildman–Crippen LogP) is 1.31. The van der Waals surface area contributed by atoms with Crippen LogP contribution in [0.15, 0.2) is 23.5 Å². The van der Waals surface area contributed by atoms with Gasteiger partial charge in [-0.15, -0.1) is 0 Å². The summed E-state index contributed by atoms with van der Waals surface area (Å²) in [7, 11) is 0. The molecule has 2 aliphatic rings. The summed E-state index contributed by atoms with van der Waals surface area (Å²) in [5.41, 5.74) is 6.71. The number of nitrogens with zero attached hydrogens (tertiary/aromatic N) is 3. The van der Waals surface area contributed by atoms with Crippen LogP contribution in [0.5, 0.6) is 0 Å². The van der Waals surface area contributed by atoms with Gasteiger partial charge in [-0.1, -0.05) is 6.08 Å². The summed E-state index contributed by atoms with van der Waals surface area (Å²) in [6.07, 6.45) is 3.34. The molecule has 0 spiro atoms. The van der Waals surface area contributed by atoms with Crippen molar-refractivity contribution >= 4 is 6.09 Å². The molecule has 1 unspecified atom stereocenters. The molecule has 128 valence electrons. The Bertz CT molecular complexity index is 542. The van der Waals surface area contributed by atoms with Gasteiger partial charge < -0.3 is 20.3 Å². The Labute approximate surface area is 135 Å². The molecule has 0 bridgehead atoms. The zero-order valence-corrected chi connectivity index (χ0v) is 13.8. The molecular weight excluding hydrogens is 300 g/mol. The number of piperazine rings is 1. The molecule has 1 fully saturated rings. The Morgan fingerprint density at radius 2 is 1.96 bits per heavy atom. The highest BCUT2D eigenvalue weighted by atomic mass is 16.6. The first-order valence-electron chi connectivity index (χ1n) is 7.71. The van der Waals surface area contributed by atoms with Crippen LogP contribution < -0.4 is 5.73 Å². The van der Waals surface area contributed by atoms with Gasteiger partial charge in [0, 0.05) is 43.6 Å². The fraction of sp³-hybridized carbons (Fsp3) is 0.667. The minimum atomic E-state index is -0.748. The molecule has 1 saturated heterocycles. The van der Waals surface area contributed by atoms with Crippen LogP contribution in [-0.4, -0.2) is 58.6 Å². The van der Waals surface area contributed by atoms with Crippen molar-refractivity contribution in [3.8, 4) is 0 Å². The Morgan fingerprint density at radius 3 is 2.43 bits per heavy atom. The monoisotopic (exact) mass is 324 g/mol. The molecule has 1 atom stereocenters. The topological polar surface area (TPSA) is 102 Å². The van der Waals surface area contributed by atoms with Crippen LogP contribution in [0.3, 0.4) is 0 Å². The minimum absolute atomic E-state index is 0.313. The van der Waals surface area contributed by atoms with Gasteiger partial charge in [-0.25, -0.2) is 4.79 Å². The highest BCUT2D eigenvalue weighted by Gasteiger charge is 2.29. The number of amides is 1. The van der Waals surface area contributed by atoms with E-state index in [4.69, 9.17) is 10.5 Å². The van der Waals surface area contributed by atoms with E-state index in [-0.39, 0.29) is 11.0 Å². The summed E-state index contributed by atoms with van der Waals surface area (Å²) in [5, 5.41) is 10.8. The third-order valence-electron chi connectivity index (χ3n) is 3.76. The van der Waals surface area contributed by atoms with Gasteiger partial charge in [-0.2, -0.15) is 0 Å². The average molecular weight is 324 g/mol. The molecule has 0 aromatic heterocycles. The summed E-state index contributed by atoms with van der Waals surface area (Å²) in [5.74, 6) is 0. The van der Waals surface area contributed by atoms with Crippen LogP contribution in [0.25, 0.3) is 0 Å². The molecule has 0 aromatic rings. The number of hydrogen-bond acceptors (Lipinski definition) is 6. The van der Waals surface area contributed by atoms with Crippen molar-refractivity contribution in [2.75, 3.05) is 26.2 Å². The van der Waals surface area contributed by atoms with E-state index in [9.17, 15) is 14.9 Å². The van der Waals surface area contributed by atoms with Crippen LogP contribution in [0.1, 0.15) is 27.2 Å². The van der Waals surface area contributed by atoms with Crippen molar-refractivity contribution < 1.29 is 14.5 Å². The number of nitrogens with two attached hydrogens (primary N) is 1. The predicted molar refractivity (Wildman–Crippen MR) is 85.1 cm³/mol. The molecule has 0 saturated carbocycles. The minimum Gasteiger partial charge on any atom is -0.444 e. The van der Waals surface area contributed by atoms with Crippen LogP contribution >= 0.6 is 0 Å². The first-order chi connectivity index (χ1) is 10.7. The number of carbonyl (C=O) groups is 1. The maximum absolute atomic E-state index is 12.0. The van der Waals surface area contributed by atoms with Gasteiger partial charge >= 0.3 is 6.09 Å². The number of nitro groups is 1. The van der Waals surface area contributed by atoms with Crippen molar-refractivity contribution in [2.24, 2.45) is 5.73 Å². The maximum Gasteiger partial charge on any atom is 0.410 e. The lowest BCUT2D eigenvalue weighted by molar-refractivity contribution is -0.508. The molecule has 23 heavy (non-hydrogen) atoms. The molecule has 1 amide bonds. The summed E-state index contributed by atoms with van der Waals surface area (Å²) >= 11 is 0. The molecule has 1 aliphatic heterocycles. The average Bonchev–Trinajstić information content (AvgIpc) is 2.45. The first kappa shape index (κ1) is 17.1. The smallest absolute Gasteiger partial charge is 0.410 e. The first-order valence-corrected chi connectivity index (χ1v) is 7.71. The van der Waals surface area contributed by atoms with E-state index >= 15 is 0 Å². The Kier molecular flexibility index (Phi) is 4.82. The normalized spacial score (nSPS) is 22.3. The standard InChI is InChI=1S/C15H24N4O4/c1-15(2,3)23-14(20)18-8-6-17(7-9-18)13-5-4-11(19(21)22)10-12(13)16/h5,10-11H,4,6-9,16H2,1-3H3. The van der Waals surface area contributed by atoms with E-state index in [1.54, 1.807) is 4.90 Å². The fourth-order valence-electron chi connectivity index (χ4n) is 2.63. The molecule has 2 rings (SSSR count). The quantitative estimate of drug-likeness (QED) is 0.607. The van der Waals surface area contributed by atoms with Crippen molar-refractivity contribution in [2.45, 2.75) is 38.8 Å². The van der Waals surface area contributed by atoms with Gasteiger partial charge in [0.1, 0.15) is 5.60 Å². The Hall–Kier alpha value is -2.25. The van der Waals surface area contributed by atoms with E-state index in [2.05, 4.69) is 4.90 Å². The van der Waals surface area contributed by atoms with E-state index in [0.717, 1.165) is 5.70 Å². The Balaban J connectivity index is 1.91. The summed E-state index contributed by atoms with van der Waals surface area (Å²) < 4.78 is 5.36. The molecule has 0 radical (unpaired) electrons. The van der Waals surface area contributed by atoms with Gasteiger partial charge in [-0.3, -0.25) is 10.1 Å². The van der Waals surface area contributed by atoms with E-state index in [1.165, 1.54) is 6.08 Å². The SMILES string of the molecule is CC(C)(C)OC(=O)N1CCN(C2=CCC([N+](=O)[O-])C=C2N)CC1. The van der Waals surface area contributed by atoms with Crippen molar-refractivity contribution in [3.63, 3.8) is 0 Å². The summed E-state index contributed by atoms with van der Waals surface area (Å²) in [6, 6.07) is -0.748. The van der Waals surface area contributed by atoms with Gasteiger partial charge in [0.15, 0.2) is 0 Å². The van der Waals surface area contributed by atoms with Crippen LogP contribution in [-0.2, 0) is 4.74 Å². The summed E-state index contributed by atoms with van der Waals surface area (Å²) in [6.45, 7) is 7.85. The number of hydrogen-bond donors (Lipinski definition) is 1. The van der Waals surface area contributed by atoms with Crippen molar-refractivity contribution in [1.82, 2.24) is 9.80 Å². The van der Waals surface area contributed by atoms with E-state index < -0.39 is 11.6 Å². The molecule has 0 aromatic carbocycles. The van der Waals surface area contributed by atoms with Crippen molar-refractivity contribution in [3.05, 3.63) is 33.7 Å². The Morgan fingerprint density at radius 1 is 1.35 bits per heavy atom. The van der Waals surface area contributed by atoms with Crippen LogP contribution in [0.4, 0.5) is 4.79 Å². The number of ether oxygens (including phenoxy) is 1. The lowest BCUT2D eigenvalue weighted by Gasteiger charge is -2.38. The van der Waals surface area contributed by atoms with Crippen LogP contribution in [0.2, 0.25) is 0 Å². The van der Waals surface area contributed by atoms with E-state index in [0.29, 0.717) is 38.3 Å². The summed E-state index contributed by atoms with van der Waals surface area (Å²) in [4.78, 5) is 26.3. The van der Waals surface area contributed by atoms with E-state index in [1.807, 2.05) is 26.8 Å². The molecule has 1 heterocycles. The lowest BCUT2D eigenvalue weighted by atomic mass is 10.0. The molecule has 2 N–H and O–H groups in total. The largest absolute Gasteiger partial charge is 0.444 e. The molecule has 1 aliphatic carbocycles. The van der Waals surface area contributed by atoms with Crippen molar-refractivity contribution in [1.29, 1.82) is 0 Å². The van der Waals surface area contributed by atoms with Gasteiger partial charge in [0.25, 0.3) is 0 Å². The second-order valence-electron chi connectivity index (χ2n) is 6.75. The maximum atomic E-state index is 12.0. The lowest BCUT2D eigenvalue weighted by Crippen LogP contribution is -2.50. The fourth-order valence-corrected chi connectivity index (χ4v) is 2.63. The number of rotatable bonds is 2. The van der Waals surface area contributed by atoms with Gasteiger partial charge in [-0.05, 0) is 20.8 Å². The highest BCUT2D eigenvalue weighted by Crippen LogP contribution is 2.22. The zero-order valence-electron chi connectivity index (χ0n) is 13.8. The van der Waals surface area contributed by atoms with Crippen LogP contribution in [0, 0.1) is 10.1 Å². The third-order valence-corrected chi connectivity index (χ3v) is 3.76. The molecular formula is C15H24N4O4. The molecule has 8 heteroatoms. The second kappa shape index (κ2) is 6.47.